The molecule has 0 amide bonds. The maximum atomic E-state index is 10.7. The van der Waals surface area contributed by atoms with Crippen molar-refractivity contribution in [1.82, 2.24) is 0 Å². The minimum atomic E-state index is -1.000. The third kappa shape index (κ3) is 3.34. The minimum absolute atomic E-state index is 0.407. The van der Waals surface area contributed by atoms with Gasteiger partial charge in [-0.1, -0.05) is 30.3 Å². The molecule has 0 aliphatic heterocycles. The maximum Gasteiger partial charge on any atom is 0.303 e. The Balaban J connectivity index is 2.73. The predicted octanol–water partition coefficient (Wildman–Crippen LogP) is 0.644. The summed E-state index contributed by atoms with van der Waals surface area (Å²) in [6, 6.07) is 8.76. The van der Waals surface area contributed by atoms with Crippen molar-refractivity contribution in [3.63, 3.8) is 0 Å². The summed E-state index contributed by atoms with van der Waals surface area (Å²) in [5, 5.41) is 18.8. The maximum absolute atomic E-state index is 10.7. The largest absolute Gasteiger partial charge is 0.457 e. The number of aliphatic hydroxyl groups is 2. The van der Waals surface area contributed by atoms with E-state index in [0.717, 1.165) is 0 Å². The number of aliphatic hydroxyl groups excluding tert-OH is 2. The van der Waals surface area contributed by atoms with Crippen LogP contribution in [0.15, 0.2) is 30.3 Å². The summed E-state index contributed by atoms with van der Waals surface area (Å²) < 4.78 is 4.78. The number of carbonyl (C=O) groups is 1. The Kier molecular flexibility index (Phi) is 4.27. The molecule has 0 saturated carbocycles. The standard InChI is InChI=1S/C11H14O4/c1-8(13)15-10(7-12)11(14)9-5-3-2-4-6-9/h2-6,10-12,14H,7H2,1H3. The minimum Gasteiger partial charge on any atom is -0.457 e. The second kappa shape index (κ2) is 5.48. The van der Waals surface area contributed by atoms with Crippen LogP contribution >= 0.6 is 0 Å². The molecule has 0 aromatic heterocycles. The van der Waals surface area contributed by atoms with Crippen molar-refractivity contribution in [3.05, 3.63) is 35.9 Å². The molecule has 0 aliphatic rings. The zero-order chi connectivity index (χ0) is 11.3. The molecule has 0 bridgehead atoms. The first-order chi connectivity index (χ1) is 7.15. The van der Waals surface area contributed by atoms with E-state index in [1.165, 1.54) is 6.92 Å². The van der Waals surface area contributed by atoms with Crippen LogP contribution in [0.1, 0.15) is 18.6 Å². The third-order valence-corrected chi connectivity index (χ3v) is 1.99. The highest BCUT2D eigenvalue weighted by molar-refractivity contribution is 5.66. The fraction of sp³-hybridized carbons (Fsp3) is 0.364. The molecule has 82 valence electrons. The first-order valence-corrected chi connectivity index (χ1v) is 4.66. The van der Waals surface area contributed by atoms with Gasteiger partial charge >= 0.3 is 5.97 Å². The molecular weight excluding hydrogens is 196 g/mol. The van der Waals surface area contributed by atoms with E-state index in [1.54, 1.807) is 24.3 Å². The van der Waals surface area contributed by atoms with E-state index in [2.05, 4.69) is 0 Å². The van der Waals surface area contributed by atoms with Gasteiger partial charge in [-0.3, -0.25) is 4.79 Å². The normalized spacial score (nSPS) is 14.3. The lowest BCUT2D eigenvalue weighted by Crippen LogP contribution is -2.28. The summed E-state index contributed by atoms with van der Waals surface area (Å²) in [5.74, 6) is -0.524. The van der Waals surface area contributed by atoms with Crippen LogP contribution in [0.4, 0.5) is 0 Å². The highest BCUT2D eigenvalue weighted by atomic mass is 16.6. The Bertz CT molecular complexity index is 310. The molecule has 0 radical (unpaired) electrons. The van der Waals surface area contributed by atoms with Crippen LogP contribution in [-0.4, -0.2) is 28.9 Å². The molecule has 0 aliphatic carbocycles. The van der Waals surface area contributed by atoms with Crippen molar-refractivity contribution in [3.8, 4) is 0 Å². The van der Waals surface area contributed by atoms with Crippen LogP contribution in [0, 0.1) is 0 Å². The van der Waals surface area contributed by atoms with Gasteiger partial charge in [0.1, 0.15) is 6.10 Å². The molecule has 4 heteroatoms. The molecule has 15 heavy (non-hydrogen) atoms. The van der Waals surface area contributed by atoms with Crippen LogP contribution < -0.4 is 0 Å². The molecule has 0 heterocycles. The molecule has 2 unspecified atom stereocenters. The summed E-state index contributed by atoms with van der Waals surface area (Å²) in [5.41, 5.74) is 0.609. The molecule has 1 aromatic carbocycles. The van der Waals surface area contributed by atoms with E-state index >= 15 is 0 Å². The second-order valence-electron chi connectivity index (χ2n) is 3.19. The summed E-state index contributed by atoms with van der Waals surface area (Å²) in [6.07, 6.45) is -1.91. The first-order valence-electron chi connectivity index (χ1n) is 4.66. The Morgan fingerprint density at radius 2 is 2.00 bits per heavy atom. The van der Waals surface area contributed by atoms with E-state index < -0.39 is 24.8 Å². The zero-order valence-corrected chi connectivity index (χ0v) is 8.46. The van der Waals surface area contributed by atoms with Gasteiger partial charge in [0.05, 0.1) is 6.61 Å². The summed E-state index contributed by atoms with van der Waals surface area (Å²) >= 11 is 0. The molecule has 4 nitrogen and oxygen atoms in total. The molecule has 0 fully saturated rings. The summed E-state index contributed by atoms with van der Waals surface area (Å²) in [4.78, 5) is 10.7. The number of rotatable bonds is 4. The average Bonchev–Trinajstić information content (AvgIpc) is 2.26. The van der Waals surface area contributed by atoms with Gasteiger partial charge in [0.2, 0.25) is 0 Å². The quantitative estimate of drug-likeness (QED) is 0.716. The van der Waals surface area contributed by atoms with Crippen molar-refractivity contribution in [2.24, 2.45) is 0 Å². The van der Waals surface area contributed by atoms with Gasteiger partial charge in [-0.25, -0.2) is 0 Å². The zero-order valence-electron chi connectivity index (χ0n) is 8.46. The molecule has 0 spiro atoms. The van der Waals surface area contributed by atoms with E-state index in [4.69, 9.17) is 9.84 Å². The van der Waals surface area contributed by atoms with Crippen molar-refractivity contribution < 1.29 is 19.7 Å². The number of esters is 1. The highest BCUT2D eigenvalue weighted by Crippen LogP contribution is 2.18. The molecule has 1 rings (SSSR count). The third-order valence-electron chi connectivity index (χ3n) is 1.99. The van der Waals surface area contributed by atoms with Crippen molar-refractivity contribution in [1.29, 1.82) is 0 Å². The van der Waals surface area contributed by atoms with Crippen molar-refractivity contribution in [2.75, 3.05) is 6.61 Å². The molecular formula is C11H14O4. The van der Waals surface area contributed by atoms with E-state index in [-0.39, 0.29) is 0 Å². The summed E-state index contributed by atoms with van der Waals surface area (Å²) in [7, 11) is 0. The van der Waals surface area contributed by atoms with Crippen molar-refractivity contribution in [2.45, 2.75) is 19.1 Å². The Labute approximate surface area is 88.1 Å². The molecule has 1 aromatic rings. The highest BCUT2D eigenvalue weighted by Gasteiger charge is 2.22. The van der Waals surface area contributed by atoms with Gasteiger partial charge in [-0.05, 0) is 5.56 Å². The van der Waals surface area contributed by atoms with Gasteiger partial charge in [-0.15, -0.1) is 0 Å². The van der Waals surface area contributed by atoms with Crippen LogP contribution in [0.5, 0.6) is 0 Å². The Morgan fingerprint density at radius 1 is 1.40 bits per heavy atom. The van der Waals surface area contributed by atoms with Gasteiger partial charge in [0, 0.05) is 6.92 Å². The molecule has 2 atom stereocenters. The second-order valence-corrected chi connectivity index (χ2v) is 3.19. The smallest absolute Gasteiger partial charge is 0.303 e. The number of hydrogen-bond acceptors (Lipinski definition) is 4. The number of ether oxygens (including phenoxy) is 1. The van der Waals surface area contributed by atoms with Gasteiger partial charge < -0.3 is 14.9 Å². The lowest BCUT2D eigenvalue weighted by atomic mass is 10.1. The number of carbonyl (C=O) groups excluding carboxylic acids is 1. The van der Waals surface area contributed by atoms with E-state index in [0.29, 0.717) is 5.56 Å². The van der Waals surface area contributed by atoms with Gasteiger partial charge in [0.25, 0.3) is 0 Å². The summed E-state index contributed by atoms with van der Waals surface area (Å²) in [6.45, 7) is 0.829. The molecule has 2 N–H and O–H groups in total. The lowest BCUT2D eigenvalue weighted by molar-refractivity contribution is -0.155. The number of benzene rings is 1. The fourth-order valence-electron chi connectivity index (χ4n) is 1.28. The van der Waals surface area contributed by atoms with Crippen LogP contribution in [-0.2, 0) is 9.53 Å². The molecule has 0 saturated heterocycles. The number of hydrogen-bond donors (Lipinski definition) is 2. The lowest BCUT2D eigenvalue weighted by Gasteiger charge is -2.20. The predicted molar refractivity (Wildman–Crippen MR) is 54.0 cm³/mol. The van der Waals surface area contributed by atoms with Gasteiger partial charge in [0.15, 0.2) is 6.10 Å². The Hall–Kier alpha value is -1.39. The SMILES string of the molecule is CC(=O)OC(CO)C(O)c1ccccc1. The van der Waals surface area contributed by atoms with Crippen LogP contribution in [0.25, 0.3) is 0 Å². The van der Waals surface area contributed by atoms with E-state index in [9.17, 15) is 9.90 Å². The van der Waals surface area contributed by atoms with Crippen LogP contribution in [0.3, 0.4) is 0 Å². The monoisotopic (exact) mass is 210 g/mol. The van der Waals surface area contributed by atoms with Crippen LogP contribution in [0.2, 0.25) is 0 Å². The fourth-order valence-corrected chi connectivity index (χ4v) is 1.28. The Morgan fingerprint density at radius 3 is 2.47 bits per heavy atom. The van der Waals surface area contributed by atoms with Gasteiger partial charge in [-0.2, -0.15) is 0 Å². The van der Waals surface area contributed by atoms with E-state index in [1.807, 2.05) is 6.07 Å². The average molecular weight is 210 g/mol. The topological polar surface area (TPSA) is 66.8 Å². The first kappa shape index (κ1) is 11.7. The van der Waals surface area contributed by atoms with Crippen molar-refractivity contribution >= 4 is 5.97 Å².